The molecule has 2 saturated heterocycles. The summed E-state index contributed by atoms with van der Waals surface area (Å²) in [6.07, 6.45) is -16.3. The second-order valence-electron chi connectivity index (χ2n) is 9.68. The van der Waals surface area contributed by atoms with Gasteiger partial charge in [-0.3, -0.25) is 33.6 Å². The highest BCUT2D eigenvalue weighted by molar-refractivity contribution is 5.69. The van der Waals surface area contributed by atoms with Gasteiger partial charge in [0.15, 0.2) is 43.1 Å². The molecule has 0 bridgehead atoms. The molecule has 2 fully saturated rings. The first-order chi connectivity index (χ1) is 20.5. The van der Waals surface area contributed by atoms with Crippen LogP contribution in [-0.2, 0) is 80.9 Å². The predicted molar refractivity (Wildman–Crippen MR) is 135 cm³/mol. The van der Waals surface area contributed by atoms with Crippen LogP contribution in [0.5, 0.6) is 0 Å². The van der Waals surface area contributed by atoms with Crippen LogP contribution in [0.4, 0.5) is 0 Å². The van der Waals surface area contributed by atoms with E-state index >= 15 is 0 Å². The molecule has 1 N–H and O–H groups in total. The lowest BCUT2D eigenvalue weighted by molar-refractivity contribution is -0.357. The molecule has 0 aromatic rings. The maximum atomic E-state index is 12.2. The van der Waals surface area contributed by atoms with E-state index in [0.29, 0.717) is 0 Å². The summed E-state index contributed by atoms with van der Waals surface area (Å²) in [4.78, 5) is 83.5. The van der Waals surface area contributed by atoms with Crippen LogP contribution in [-0.4, -0.2) is 122 Å². The minimum atomic E-state index is -1.90. The molecule has 2 rings (SSSR count). The Labute approximate surface area is 251 Å². The topological polar surface area (TPSA) is 232 Å². The fraction of sp³-hybridized carbons (Fsp3) is 0.731. The zero-order chi connectivity index (χ0) is 33.3. The summed E-state index contributed by atoms with van der Waals surface area (Å²) in [5.74, 6) is -6.03. The van der Waals surface area contributed by atoms with Crippen LogP contribution in [0.3, 0.4) is 0 Å². The quantitative estimate of drug-likeness (QED) is 0.203. The van der Waals surface area contributed by atoms with Crippen molar-refractivity contribution in [2.45, 2.75) is 110 Å². The molecule has 0 unspecified atom stereocenters. The Morgan fingerprint density at radius 3 is 1.27 bits per heavy atom. The number of esters is 7. The Morgan fingerprint density at radius 2 is 0.841 bits per heavy atom. The number of hydrogen-bond donors (Lipinski definition) is 1. The largest absolute Gasteiger partial charge is 0.463 e. The third kappa shape index (κ3) is 10.7. The van der Waals surface area contributed by atoms with Crippen LogP contribution in [0.1, 0.15) is 48.5 Å². The van der Waals surface area contributed by atoms with Crippen LogP contribution in [0.2, 0.25) is 0 Å². The van der Waals surface area contributed by atoms with Crippen LogP contribution in [0.15, 0.2) is 0 Å². The maximum Gasteiger partial charge on any atom is 0.303 e. The summed E-state index contributed by atoms with van der Waals surface area (Å²) in [5.41, 5.74) is 0. The van der Waals surface area contributed by atoms with Gasteiger partial charge in [-0.25, -0.2) is 0 Å². The van der Waals surface area contributed by atoms with E-state index in [-0.39, 0.29) is 0 Å². The Hall–Kier alpha value is -3.87. The fourth-order valence-electron chi connectivity index (χ4n) is 4.49. The van der Waals surface area contributed by atoms with Gasteiger partial charge in [-0.05, 0) is 0 Å². The first-order valence-corrected chi connectivity index (χ1v) is 13.3. The smallest absolute Gasteiger partial charge is 0.303 e. The highest BCUT2D eigenvalue weighted by Crippen LogP contribution is 2.34. The second kappa shape index (κ2) is 16.3. The molecule has 0 spiro atoms. The van der Waals surface area contributed by atoms with Gasteiger partial charge in [0.25, 0.3) is 0 Å². The average Bonchev–Trinajstić information content (AvgIpc) is 2.87. The number of carbonyl (C=O) groups is 7. The Kier molecular flexibility index (Phi) is 13.4. The van der Waals surface area contributed by atoms with Crippen molar-refractivity contribution in [2.24, 2.45) is 0 Å². The number of aliphatic hydroxyl groups is 1. The SMILES string of the molecule is CC(=O)OC[C@H]1O[C@@H](O[C@H]2[C@H](OC(C)=O)[C@H](OC(C)=O)[C@H](O)O[C@@H]2COC(C)=O)[C@@H](OC(C)=O)[C@@H](OC(C)=O)[C@@H]1OC(C)=O. The highest BCUT2D eigenvalue weighted by Gasteiger charge is 2.57. The second-order valence-corrected chi connectivity index (χ2v) is 9.68. The van der Waals surface area contributed by atoms with Crippen molar-refractivity contribution >= 4 is 41.8 Å². The van der Waals surface area contributed by atoms with Crippen LogP contribution >= 0.6 is 0 Å². The molecular formula is C26H36O18. The van der Waals surface area contributed by atoms with Crippen molar-refractivity contribution in [1.29, 1.82) is 0 Å². The van der Waals surface area contributed by atoms with Gasteiger partial charge < -0.3 is 52.5 Å². The number of rotatable bonds is 11. The first-order valence-electron chi connectivity index (χ1n) is 13.3. The molecule has 0 amide bonds. The van der Waals surface area contributed by atoms with Crippen molar-refractivity contribution in [3.05, 3.63) is 0 Å². The predicted octanol–water partition coefficient (Wildman–Crippen LogP) is -1.40. The molecule has 2 heterocycles. The monoisotopic (exact) mass is 636 g/mol. The Morgan fingerprint density at radius 1 is 0.477 bits per heavy atom. The molecule has 18 nitrogen and oxygen atoms in total. The van der Waals surface area contributed by atoms with E-state index in [1.807, 2.05) is 0 Å². The summed E-state index contributed by atoms with van der Waals surface area (Å²) >= 11 is 0. The third-order valence-electron chi connectivity index (χ3n) is 5.90. The van der Waals surface area contributed by atoms with Crippen molar-refractivity contribution in [1.82, 2.24) is 0 Å². The van der Waals surface area contributed by atoms with E-state index in [4.69, 9.17) is 47.4 Å². The standard InChI is InChI=1S/C26H36O18/c1-10(27)35-8-17-20(21(38-13(4)30)23(25(34)42-17)40-15(6)32)44-26-24(41-16(7)33)22(39-14(5)31)19(37-12(3)29)18(43-26)9-36-11(2)28/h17-26,34H,8-9H2,1-7H3/t17-,18-,19-,20-,21+,22+,23+,24+,25-,26+/m1/s1. The third-order valence-corrected chi connectivity index (χ3v) is 5.90. The summed E-state index contributed by atoms with van der Waals surface area (Å²) in [6.45, 7) is 6.11. The number of carbonyl (C=O) groups excluding carboxylic acids is 7. The zero-order valence-corrected chi connectivity index (χ0v) is 25.1. The molecular weight excluding hydrogens is 600 g/mol. The molecule has 2 aliphatic heterocycles. The fourth-order valence-corrected chi connectivity index (χ4v) is 4.49. The van der Waals surface area contributed by atoms with Gasteiger partial charge in [-0.15, -0.1) is 0 Å². The van der Waals surface area contributed by atoms with E-state index in [1.165, 1.54) is 0 Å². The van der Waals surface area contributed by atoms with Gasteiger partial charge in [0.2, 0.25) is 0 Å². The zero-order valence-electron chi connectivity index (χ0n) is 25.1. The molecule has 18 heteroatoms. The van der Waals surface area contributed by atoms with Gasteiger partial charge in [0, 0.05) is 48.5 Å². The highest BCUT2D eigenvalue weighted by atomic mass is 16.8. The van der Waals surface area contributed by atoms with Crippen molar-refractivity contribution < 1.29 is 86.0 Å². The number of ether oxygens (including phenoxy) is 10. The maximum absolute atomic E-state index is 12.2. The van der Waals surface area contributed by atoms with Crippen molar-refractivity contribution in [3.63, 3.8) is 0 Å². The average molecular weight is 637 g/mol. The first kappa shape index (κ1) is 36.3. The summed E-state index contributed by atoms with van der Waals surface area (Å²) < 4.78 is 54.1. The minimum Gasteiger partial charge on any atom is -0.463 e. The van der Waals surface area contributed by atoms with Crippen LogP contribution in [0, 0.1) is 0 Å². The lowest BCUT2D eigenvalue weighted by atomic mass is 9.96. The molecule has 10 atom stereocenters. The van der Waals surface area contributed by atoms with Gasteiger partial charge >= 0.3 is 41.8 Å². The van der Waals surface area contributed by atoms with Gasteiger partial charge in [0.05, 0.1) is 0 Å². The lowest BCUT2D eigenvalue weighted by Gasteiger charge is -2.48. The summed E-state index contributed by atoms with van der Waals surface area (Å²) in [5, 5.41) is 10.6. The molecule has 0 aromatic carbocycles. The van der Waals surface area contributed by atoms with E-state index in [1.54, 1.807) is 0 Å². The number of aliphatic hydroxyl groups excluding tert-OH is 1. The van der Waals surface area contributed by atoms with Gasteiger partial charge in [-0.2, -0.15) is 0 Å². The van der Waals surface area contributed by atoms with Crippen molar-refractivity contribution in [3.8, 4) is 0 Å². The molecule has 2 aliphatic rings. The van der Waals surface area contributed by atoms with E-state index in [9.17, 15) is 38.7 Å². The molecule has 0 aromatic heterocycles. The Bertz CT molecular complexity index is 1090. The lowest BCUT2D eigenvalue weighted by Crippen LogP contribution is -2.67. The molecule has 248 valence electrons. The van der Waals surface area contributed by atoms with Crippen LogP contribution < -0.4 is 0 Å². The summed E-state index contributed by atoms with van der Waals surface area (Å²) in [6, 6.07) is 0. The normalized spacial score (nSPS) is 31.5. The van der Waals surface area contributed by atoms with Gasteiger partial charge in [0.1, 0.15) is 31.5 Å². The molecule has 44 heavy (non-hydrogen) atoms. The van der Waals surface area contributed by atoms with Crippen molar-refractivity contribution in [2.75, 3.05) is 13.2 Å². The van der Waals surface area contributed by atoms with E-state index < -0.39 is 116 Å². The molecule has 0 saturated carbocycles. The number of hydrogen-bond acceptors (Lipinski definition) is 18. The van der Waals surface area contributed by atoms with E-state index in [0.717, 1.165) is 48.5 Å². The Balaban J connectivity index is 2.66. The van der Waals surface area contributed by atoms with Gasteiger partial charge in [-0.1, -0.05) is 0 Å². The minimum absolute atomic E-state index is 0.572. The van der Waals surface area contributed by atoms with E-state index in [2.05, 4.69) is 0 Å². The summed E-state index contributed by atoms with van der Waals surface area (Å²) in [7, 11) is 0. The molecule has 0 radical (unpaired) electrons. The van der Waals surface area contributed by atoms with Crippen LogP contribution in [0.25, 0.3) is 0 Å². The molecule has 0 aliphatic carbocycles.